The van der Waals surface area contributed by atoms with E-state index in [4.69, 9.17) is 5.53 Å². The van der Waals surface area contributed by atoms with Gasteiger partial charge in [0.1, 0.15) is 0 Å². The lowest BCUT2D eigenvalue weighted by atomic mass is 10.3. The molecular formula is C6H6N3-. The van der Waals surface area contributed by atoms with E-state index in [0.717, 1.165) is 5.56 Å². The fourth-order valence-electron chi connectivity index (χ4n) is 0.573. The number of hydrogen-bond acceptors (Lipinski definition) is 2. The van der Waals surface area contributed by atoms with Crippen LogP contribution in [0.15, 0.2) is 29.6 Å². The van der Waals surface area contributed by atoms with E-state index in [0.29, 0.717) is 6.54 Å². The van der Waals surface area contributed by atoms with Gasteiger partial charge in [0.05, 0.1) is 0 Å². The molecule has 0 fully saturated rings. The van der Waals surface area contributed by atoms with Gasteiger partial charge in [0, 0.05) is 18.9 Å². The van der Waals surface area contributed by atoms with E-state index in [9.17, 15) is 0 Å². The van der Waals surface area contributed by atoms with E-state index >= 15 is 0 Å². The molecule has 0 spiro atoms. The normalized spacial score (nSPS) is 8.89. The second kappa shape index (κ2) is 2.91. The number of nitrogens with zero attached hydrogens (tertiary/aromatic N) is 3. The molecule has 0 aliphatic rings. The lowest BCUT2D eigenvalue weighted by molar-refractivity contribution is 1.03. The monoisotopic (exact) mass is 120 g/mol. The van der Waals surface area contributed by atoms with Crippen molar-refractivity contribution in [2.75, 3.05) is 0 Å². The maximum Gasteiger partial charge on any atom is 0.0418 e. The van der Waals surface area contributed by atoms with Crippen LogP contribution in [0.4, 0.5) is 0 Å². The lowest BCUT2D eigenvalue weighted by Crippen LogP contribution is -1.79. The van der Waals surface area contributed by atoms with Gasteiger partial charge in [-0.15, -0.1) is 0 Å². The summed E-state index contributed by atoms with van der Waals surface area (Å²) in [5.74, 6) is 0. The zero-order chi connectivity index (χ0) is 6.53. The highest BCUT2D eigenvalue weighted by molar-refractivity contribution is 5.07. The van der Waals surface area contributed by atoms with Gasteiger partial charge >= 0.3 is 0 Å². The molecule has 9 heavy (non-hydrogen) atoms. The lowest BCUT2D eigenvalue weighted by Gasteiger charge is -1.94. The number of hydrogen-bond donors (Lipinski definition) is 0. The highest BCUT2D eigenvalue weighted by Crippen LogP contribution is 1.96. The maximum atomic E-state index is 8.12. The van der Waals surface area contributed by atoms with Crippen LogP contribution in [0.1, 0.15) is 5.56 Å². The Morgan fingerprint density at radius 2 is 2.56 bits per heavy atom. The first-order valence-corrected chi connectivity index (χ1v) is 2.63. The van der Waals surface area contributed by atoms with Gasteiger partial charge in [0.25, 0.3) is 0 Å². The summed E-state index contributed by atoms with van der Waals surface area (Å²) in [5.41, 5.74) is 9.03. The summed E-state index contributed by atoms with van der Waals surface area (Å²) < 4.78 is 0. The highest BCUT2D eigenvalue weighted by atomic mass is 14.9. The Morgan fingerprint density at radius 3 is 3.11 bits per heavy atom. The van der Waals surface area contributed by atoms with Crippen molar-refractivity contribution in [3.8, 4) is 0 Å². The fourth-order valence-corrected chi connectivity index (χ4v) is 0.573. The van der Waals surface area contributed by atoms with Crippen LogP contribution in [-0.4, -0.2) is 4.98 Å². The van der Waals surface area contributed by atoms with E-state index < -0.39 is 0 Å². The van der Waals surface area contributed by atoms with Gasteiger partial charge in [0.2, 0.25) is 0 Å². The topological polar surface area (TPSA) is 47.5 Å². The molecule has 0 aromatic carbocycles. The summed E-state index contributed by atoms with van der Waals surface area (Å²) in [6, 6.07) is 3.66. The number of aromatic nitrogens is 1. The van der Waals surface area contributed by atoms with Crippen molar-refractivity contribution in [3.05, 3.63) is 35.6 Å². The molecule has 0 aliphatic carbocycles. The largest absolute Gasteiger partial charge is 0.712 e. The van der Waals surface area contributed by atoms with Gasteiger partial charge in [-0.05, 0) is 11.6 Å². The Bertz CT molecular complexity index is 183. The first-order chi connectivity index (χ1) is 4.43. The van der Waals surface area contributed by atoms with Crippen molar-refractivity contribution < 1.29 is 0 Å². The van der Waals surface area contributed by atoms with Crippen LogP contribution < -0.4 is 0 Å². The molecule has 0 bridgehead atoms. The molecule has 3 nitrogen and oxygen atoms in total. The third-order valence-corrected chi connectivity index (χ3v) is 0.976. The quantitative estimate of drug-likeness (QED) is 0.547. The van der Waals surface area contributed by atoms with Gasteiger partial charge in [-0.1, -0.05) is 6.07 Å². The Balaban J connectivity index is 2.72. The van der Waals surface area contributed by atoms with E-state index in [2.05, 4.69) is 10.1 Å². The van der Waals surface area contributed by atoms with Gasteiger partial charge in [-0.25, -0.2) is 0 Å². The summed E-state index contributed by atoms with van der Waals surface area (Å²) in [4.78, 5) is 3.83. The Morgan fingerprint density at radius 1 is 1.67 bits per heavy atom. The van der Waals surface area contributed by atoms with Crippen molar-refractivity contribution in [2.24, 2.45) is 5.11 Å². The highest BCUT2D eigenvalue weighted by Gasteiger charge is 1.82. The predicted molar refractivity (Wildman–Crippen MR) is 33.7 cm³/mol. The molecule has 1 heterocycles. The molecule has 0 N–H and O–H groups in total. The molecule has 1 rings (SSSR count). The van der Waals surface area contributed by atoms with Crippen LogP contribution in [0.25, 0.3) is 5.53 Å². The first-order valence-electron chi connectivity index (χ1n) is 2.63. The smallest absolute Gasteiger partial charge is 0.0418 e. The summed E-state index contributed by atoms with van der Waals surface area (Å²) in [5, 5.41) is 2.97. The van der Waals surface area contributed by atoms with Crippen molar-refractivity contribution in [1.29, 1.82) is 0 Å². The molecule has 46 valence electrons. The second-order valence-electron chi connectivity index (χ2n) is 1.66. The number of rotatable bonds is 2. The minimum Gasteiger partial charge on any atom is -0.712 e. The molecule has 0 radical (unpaired) electrons. The second-order valence-corrected chi connectivity index (χ2v) is 1.66. The van der Waals surface area contributed by atoms with E-state index in [1.807, 2.05) is 6.07 Å². The van der Waals surface area contributed by atoms with Gasteiger partial charge in [-0.2, -0.15) is 0 Å². The Hall–Kier alpha value is -1.25. The number of pyridine rings is 1. The van der Waals surface area contributed by atoms with Crippen molar-refractivity contribution in [2.45, 2.75) is 6.54 Å². The van der Waals surface area contributed by atoms with Crippen LogP contribution >= 0.6 is 0 Å². The van der Waals surface area contributed by atoms with E-state index in [1.54, 1.807) is 18.5 Å². The van der Waals surface area contributed by atoms with Crippen LogP contribution in [0, 0.1) is 0 Å². The summed E-state index contributed by atoms with van der Waals surface area (Å²) in [6.45, 7) is 0.327. The Labute approximate surface area is 53.3 Å². The molecule has 1 aromatic heterocycles. The third kappa shape index (κ3) is 1.60. The average Bonchev–Trinajstić information content (AvgIpc) is 1.91. The van der Waals surface area contributed by atoms with Gasteiger partial charge in [0.15, 0.2) is 0 Å². The average molecular weight is 120 g/mol. The fraction of sp³-hybridized carbons (Fsp3) is 0.167. The van der Waals surface area contributed by atoms with Crippen molar-refractivity contribution in [1.82, 2.24) is 4.98 Å². The molecule has 0 atom stereocenters. The molecule has 0 amide bonds. The van der Waals surface area contributed by atoms with Crippen molar-refractivity contribution in [3.63, 3.8) is 0 Å². The standard InChI is InChI=1S/C6H6N3/c7-9-5-6-2-1-3-8-4-6/h1-4H,5H2/q-1. The molecule has 0 saturated carbocycles. The van der Waals surface area contributed by atoms with Crippen molar-refractivity contribution >= 4 is 0 Å². The minimum atomic E-state index is 0.327. The molecule has 1 aromatic rings. The SMILES string of the molecule is [N-]=NCc1cccnc1. The van der Waals surface area contributed by atoms with Crippen LogP contribution in [-0.2, 0) is 6.54 Å². The zero-order valence-corrected chi connectivity index (χ0v) is 4.86. The summed E-state index contributed by atoms with van der Waals surface area (Å²) in [7, 11) is 0. The maximum absolute atomic E-state index is 8.12. The minimum absolute atomic E-state index is 0.327. The van der Waals surface area contributed by atoms with Gasteiger partial charge < -0.3 is 10.6 Å². The van der Waals surface area contributed by atoms with Crippen LogP contribution in [0.2, 0.25) is 0 Å². The zero-order valence-electron chi connectivity index (χ0n) is 4.86. The molecule has 3 heteroatoms. The van der Waals surface area contributed by atoms with Gasteiger partial charge in [-0.3, -0.25) is 4.98 Å². The summed E-state index contributed by atoms with van der Waals surface area (Å²) >= 11 is 0. The van der Waals surface area contributed by atoms with Crippen LogP contribution in [0.3, 0.4) is 0 Å². The molecule has 0 unspecified atom stereocenters. The van der Waals surface area contributed by atoms with E-state index in [-0.39, 0.29) is 0 Å². The molecule has 0 saturated heterocycles. The molecule has 0 aliphatic heterocycles. The molecular weight excluding hydrogens is 114 g/mol. The van der Waals surface area contributed by atoms with E-state index in [1.165, 1.54) is 0 Å². The van der Waals surface area contributed by atoms with Crippen LogP contribution in [0.5, 0.6) is 0 Å². The third-order valence-electron chi connectivity index (χ3n) is 0.976. The summed E-state index contributed by atoms with van der Waals surface area (Å²) in [6.07, 6.45) is 3.35. The predicted octanol–water partition coefficient (Wildman–Crippen LogP) is 1.60. The Kier molecular flexibility index (Phi) is 1.90. The first kappa shape index (κ1) is 5.88.